The van der Waals surface area contributed by atoms with Crippen molar-refractivity contribution in [3.8, 4) is 0 Å². The van der Waals surface area contributed by atoms with Gasteiger partial charge >= 0.3 is 5.82 Å². The average Bonchev–Trinajstić information content (AvgIpc) is 2.88. The van der Waals surface area contributed by atoms with Gasteiger partial charge in [-0.3, -0.25) is 4.57 Å². The molecule has 100 valence electrons. The second-order valence-corrected chi connectivity index (χ2v) is 4.77. The van der Waals surface area contributed by atoms with Crippen LogP contribution in [0.4, 0.5) is 11.6 Å². The number of nitrogens with one attached hydrogen (secondary N) is 1. The van der Waals surface area contributed by atoms with Gasteiger partial charge < -0.3 is 20.5 Å². The summed E-state index contributed by atoms with van der Waals surface area (Å²) < 4.78 is 1.69. The zero-order valence-electron chi connectivity index (χ0n) is 10.6. The van der Waals surface area contributed by atoms with Crippen LogP contribution < -0.4 is 5.32 Å². The molecule has 1 aromatic rings. The molecule has 0 spiro atoms. The zero-order valence-corrected chi connectivity index (χ0v) is 10.6. The number of hydrogen-bond donors (Lipinski definition) is 2. The van der Waals surface area contributed by atoms with Crippen LogP contribution in [0.25, 0.3) is 0 Å². The first-order valence-corrected chi connectivity index (χ1v) is 6.09. The van der Waals surface area contributed by atoms with Crippen molar-refractivity contribution in [2.75, 3.05) is 11.9 Å². The summed E-state index contributed by atoms with van der Waals surface area (Å²) in [5.74, 6) is 1.06. The van der Waals surface area contributed by atoms with Gasteiger partial charge in [-0.2, -0.15) is 0 Å². The number of hydrogen-bond acceptors (Lipinski definition) is 5. The second kappa shape index (κ2) is 4.93. The molecule has 2 unspecified atom stereocenters. The molecule has 0 aromatic carbocycles. The largest absolute Gasteiger partial charge is 0.406 e. The van der Waals surface area contributed by atoms with E-state index in [0.717, 1.165) is 19.3 Å². The summed E-state index contributed by atoms with van der Waals surface area (Å²) in [6.45, 7) is 1.85. The summed E-state index contributed by atoms with van der Waals surface area (Å²) in [5.41, 5.74) is 0. The lowest BCUT2D eigenvalue weighted by Gasteiger charge is -2.19. The number of anilines is 1. The fourth-order valence-electron chi connectivity index (χ4n) is 2.50. The molecule has 0 amide bonds. The molecule has 7 heteroatoms. The van der Waals surface area contributed by atoms with Crippen LogP contribution in [0.1, 0.15) is 25.1 Å². The van der Waals surface area contributed by atoms with E-state index in [1.807, 2.05) is 0 Å². The molecule has 1 saturated carbocycles. The number of aromatic nitrogens is 2. The standard InChI is InChI=1S/C11H18N4O3/c1-7-12-11(15(17)18)10(14(7)2)13-9-5-3-4-8(9)6-16/h8-9,13,16H,3-6H2,1-2H3. The van der Waals surface area contributed by atoms with Crippen molar-refractivity contribution in [1.29, 1.82) is 0 Å². The Hall–Kier alpha value is -1.63. The van der Waals surface area contributed by atoms with Crippen molar-refractivity contribution in [1.82, 2.24) is 9.55 Å². The van der Waals surface area contributed by atoms with Crippen molar-refractivity contribution >= 4 is 11.6 Å². The Kier molecular flexibility index (Phi) is 3.51. The number of nitrogens with zero attached hydrogens (tertiary/aromatic N) is 3. The van der Waals surface area contributed by atoms with Gasteiger partial charge in [0.15, 0.2) is 0 Å². The maximum Gasteiger partial charge on any atom is 0.406 e. The molecule has 2 atom stereocenters. The van der Waals surface area contributed by atoms with Crippen LogP contribution >= 0.6 is 0 Å². The van der Waals surface area contributed by atoms with Crippen molar-refractivity contribution in [2.45, 2.75) is 32.2 Å². The average molecular weight is 254 g/mol. The predicted molar refractivity (Wildman–Crippen MR) is 66.4 cm³/mol. The minimum atomic E-state index is -0.474. The lowest BCUT2D eigenvalue weighted by molar-refractivity contribution is -0.388. The molecule has 1 aliphatic rings. The van der Waals surface area contributed by atoms with Crippen LogP contribution in [0, 0.1) is 23.0 Å². The highest BCUT2D eigenvalue weighted by Gasteiger charge is 2.31. The van der Waals surface area contributed by atoms with Crippen LogP contribution in [-0.4, -0.2) is 32.2 Å². The Morgan fingerprint density at radius 3 is 2.94 bits per heavy atom. The van der Waals surface area contributed by atoms with Crippen LogP contribution in [-0.2, 0) is 7.05 Å². The highest BCUT2D eigenvalue weighted by atomic mass is 16.6. The number of nitro groups is 1. The molecule has 1 fully saturated rings. The Morgan fingerprint density at radius 2 is 2.33 bits per heavy atom. The normalized spacial score (nSPS) is 23.3. The van der Waals surface area contributed by atoms with Gasteiger partial charge in [-0.25, -0.2) is 0 Å². The number of aryl methyl sites for hydroxylation is 1. The highest BCUT2D eigenvalue weighted by Crippen LogP contribution is 2.31. The molecule has 1 heterocycles. The molecule has 2 N–H and O–H groups in total. The highest BCUT2D eigenvalue weighted by molar-refractivity contribution is 5.54. The van der Waals surface area contributed by atoms with Gasteiger partial charge in [0.05, 0.1) is 0 Å². The number of imidazole rings is 1. The van der Waals surface area contributed by atoms with E-state index in [1.165, 1.54) is 0 Å². The SMILES string of the molecule is Cc1nc([N+](=O)[O-])c(NC2CCCC2CO)n1C. The van der Waals surface area contributed by atoms with Gasteiger partial charge in [-0.1, -0.05) is 6.42 Å². The molecule has 1 aliphatic carbocycles. The van der Waals surface area contributed by atoms with Crippen molar-refractivity contribution in [3.05, 3.63) is 15.9 Å². The zero-order chi connectivity index (χ0) is 13.3. The summed E-state index contributed by atoms with van der Waals surface area (Å²) in [6.07, 6.45) is 2.92. The first kappa shape index (κ1) is 12.8. The van der Waals surface area contributed by atoms with E-state index in [2.05, 4.69) is 10.3 Å². The number of aliphatic hydroxyl groups excluding tert-OH is 1. The predicted octanol–water partition coefficient (Wildman–Crippen LogP) is 1.21. The fourth-order valence-corrected chi connectivity index (χ4v) is 2.50. The van der Waals surface area contributed by atoms with E-state index < -0.39 is 4.92 Å². The van der Waals surface area contributed by atoms with Gasteiger partial charge in [0, 0.05) is 32.5 Å². The summed E-state index contributed by atoms with van der Waals surface area (Å²) in [7, 11) is 1.75. The molecule has 1 aromatic heterocycles. The Labute approximate surface area is 105 Å². The van der Waals surface area contributed by atoms with Crippen molar-refractivity contribution in [2.24, 2.45) is 13.0 Å². The molecular weight excluding hydrogens is 236 g/mol. The molecule has 0 bridgehead atoms. The third-order valence-corrected chi connectivity index (χ3v) is 3.69. The summed E-state index contributed by atoms with van der Waals surface area (Å²) in [5, 5.41) is 23.4. The van der Waals surface area contributed by atoms with Crippen LogP contribution in [0.2, 0.25) is 0 Å². The topological polar surface area (TPSA) is 93.2 Å². The molecule has 2 rings (SSSR count). The van der Waals surface area contributed by atoms with E-state index in [1.54, 1.807) is 18.5 Å². The third-order valence-electron chi connectivity index (χ3n) is 3.69. The van der Waals surface area contributed by atoms with Crippen LogP contribution in [0.5, 0.6) is 0 Å². The van der Waals surface area contributed by atoms with E-state index in [0.29, 0.717) is 11.6 Å². The van der Waals surface area contributed by atoms with Gasteiger partial charge in [-0.05, 0) is 22.7 Å². The minimum Gasteiger partial charge on any atom is -0.396 e. The Bertz CT molecular complexity index is 457. The van der Waals surface area contributed by atoms with Crippen LogP contribution in [0.3, 0.4) is 0 Å². The van der Waals surface area contributed by atoms with Gasteiger partial charge in [-0.15, -0.1) is 0 Å². The third kappa shape index (κ3) is 2.17. The summed E-state index contributed by atoms with van der Waals surface area (Å²) in [6, 6.07) is 0.0866. The lowest BCUT2D eigenvalue weighted by atomic mass is 10.1. The summed E-state index contributed by atoms with van der Waals surface area (Å²) >= 11 is 0. The van der Waals surface area contributed by atoms with Gasteiger partial charge in [0.2, 0.25) is 11.6 Å². The Balaban J connectivity index is 2.25. The van der Waals surface area contributed by atoms with Crippen LogP contribution in [0.15, 0.2) is 0 Å². The number of aliphatic hydroxyl groups is 1. The lowest BCUT2D eigenvalue weighted by Crippen LogP contribution is -2.27. The maximum absolute atomic E-state index is 11.0. The summed E-state index contributed by atoms with van der Waals surface area (Å²) in [4.78, 5) is 14.4. The molecule has 0 radical (unpaired) electrons. The smallest absolute Gasteiger partial charge is 0.396 e. The first-order valence-electron chi connectivity index (χ1n) is 6.09. The monoisotopic (exact) mass is 254 g/mol. The minimum absolute atomic E-state index is 0.0866. The molecule has 0 aliphatic heterocycles. The molecule has 0 saturated heterocycles. The Morgan fingerprint density at radius 1 is 1.61 bits per heavy atom. The molecule has 18 heavy (non-hydrogen) atoms. The second-order valence-electron chi connectivity index (χ2n) is 4.77. The first-order chi connectivity index (χ1) is 8.54. The molecular formula is C11H18N4O3. The van der Waals surface area contributed by atoms with E-state index in [-0.39, 0.29) is 24.4 Å². The van der Waals surface area contributed by atoms with E-state index in [4.69, 9.17) is 0 Å². The van der Waals surface area contributed by atoms with Gasteiger partial charge in [0.25, 0.3) is 0 Å². The van der Waals surface area contributed by atoms with Gasteiger partial charge in [0.1, 0.15) is 0 Å². The van der Waals surface area contributed by atoms with Crippen molar-refractivity contribution < 1.29 is 10.0 Å². The molecule has 7 nitrogen and oxygen atoms in total. The van der Waals surface area contributed by atoms with Crippen molar-refractivity contribution in [3.63, 3.8) is 0 Å². The van der Waals surface area contributed by atoms with E-state index >= 15 is 0 Å². The van der Waals surface area contributed by atoms with E-state index in [9.17, 15) is 15.2 Å². The number of rotatable bonds is 4. The fraction of sp³-hybridized carbons (Fsp3) is 0.727. The quantitative estimate of drug-likeness (QED) is 0.622. The maximum atomic E-state index is 11.0.